The first kappa shape index (κ1) is 22.4. The van der Waals surface area contributed by atoms with E-state index in [-0.39, 0.29) is 16.6 Å². The van der Waals surface area contributed by atoms with E-state index in [4.69, 9.17) is 0 Å². The second kappa shape index (κ2) is 6.84. The zero-order valence-corrected chi connectivity index (χ0v) is 18.2. The third-order valence-corrected chi connectivity index (χ3v) is 8.90. The molecule has 1 saturated carbocycles. The fourth-order valence-corrected chi connectivity index (χ4v) is 6.09. The molecule has 0 amide bonds. The molecule has 11 heteroatoms. The van der Waals surface area contributed by atoms with Crippen molar-refractivity contribution in [3.63, 3.8) is 0 Å². The lowest BCUT2D eigenvalue weighted by molar-refractivity contribution is 0.364. The average molecular weight is 520 g/mol. The van der Waals surface area contributed by atoms with E-state index < -0.39 is 30.2 Å². The van der Waals surface area contributed by atoms with Gasteiger partial charge in [0.1, 0.15) is 4.90 Å². The predicted octanol–water partition coefficient (Wildman–Crippen LogP) is 7.30. The van der Waals surface area contributed by atoms with Gasteiger partial charge in [0.05, 0.1) is 10.1 Å². The van der Waals surface area contributed by atoms with Gasteiger partial charge in [-0.1, -0.05) is 35.4 Å². The summed E-state index contributed by atoms with van der Waals surface area (Å²) in [4.78, 5) is -1.68. The van der Waals surface area contributed by atoms with E-state index in [2.05, 4.69) is 21.2 Å². The Hall–Kier alpha value is -1.33. The lowest BCUT2D eigenvalue weighted by Gasteiger charge is -2.40. The Morgan fingerprint density at radius 3 is 1.83 bits per heavy atom. The van der Waals surface area contributed by atoms with Crippen LogP contribution in [0.5, 0.6) is 0 Å². The molecular weight excluding hydrogens is 501 g/mol. The van der Waals surface area contributed by atoms with Crippen molar-refractivity contribution >= 4 is 41.7 Å². The minimum atomic E-state index is -9.68. The Kier molecular flexibility index (Phi) is 5.28. The second-order valence-corrected chi connectivity index (χ2v) is 12.7. The van der Waals surface area contributed by atoms with Crippen LogP contribution in [0, 0.1) is 0 Å². The highest BCUT2D eigenvalue weighted by atomic mass is 79.9. The molecule has 0 atom stereocenters. The molecule has 0 aromatic heterocycles. The standard InChI is InChI=1S/C18H19BrF5NO2S2/c19-13-1-7-16(8-2-13)28(26,27)17-9-3-14(4-10-17)25-15-5-11-18(12-6-15)29(20,21,22,23)24/h1-2,5-8,11-12,14,17,25H,3-4,9-10H2. The van der Waals surface area contributed by atoms with Crippen molar-refractivity contribution in [3.05, 3.63) is 53.0 Å². The summed E-state index contributed by atoms with van der Waals surface area (Å²) in [5, 5.41) is 2.47. The first-order valence-electron chi connectivity index (χ1n) is 8.75. The van der Waals surface area contributed by atoms with Crippen molar-refractivity contribution in [1.82, 2.24) is 0 Å². The molecule has 0 aliphatic heterocycles. The molecule has 3 rings (SSSR count). The fraction of sp³-hybridized carbons (Fsp3) is 0.333. The number of benzene rings is 2. The quantitative estimate of drug-likeness (QED) is 0.421. The molecule has 0 bridgehead atoms. The van der Waals surface area contributed by atoms with Crippen LogP contribution < -0.4 is 5.32 Å². The minimum Gasteiger partial charge on any atom is -0.382 e. The SMILES string of the molecule is O=S(=O)(c1ccc(Br)cc1)C1CCC(Nc2ccc(S(F)(F)(F)(F)F)cc2)CC1. The van der Waals surface area contributed by atoms with Gasteiger partial charge in [-0.2, -0.15) is 0 Å². The Morgan fingerprint density at radius 2 is 1.34 bits per heavy atom. The normalized spacial score (nSPS) is 23.1. The fourth-order valence-electron chi connectivity index (χ4n) is 3.38. The van der Waals surface area contributed by atoms with Crippen molar-refractivity contribution in [3.8, 4) is 0 Å². The van der Waals surface area contributed by atoms with E-state index in [1.165, 1.54) is 0 Å². The first-order chi connectivity index (χ1) is 13.1. The number of rotatable bonds is 5. The van der Waals surface area contributed by atoms with Gasteiger partial charge in [0.15, 0.2) is 9.84 Å². The van der Waals surface area contributed by atoms with Crippen LogP contribution in [-0.2, 0) is 9.84 Å². The van der Waals surface area contributed by atoms with Crippen molar-refractivity contribution < 1.29 is 27.8 Å². The van der Waals surface area contributed by atoms with Gasteiger partial charge in [-0.15, -0.1) is 0 Å². The summed E-state index contributed by atoms with van der Waals surface area (Å²) in [6.45, 7) is 0. The molecule has 162 valence electrons. The van der Waals surface area contributed by atoms with Crippen LogP contribution in [0.25, 0.3) is 0 Å². The Labute approximate surface area is 174 Å². The van der Waals surface area contributed by atoms with Crippen molar-refractivity contribution in [2.24, 2.45) is 0 Å². The number of hydrogen-bond acceptors (Lipinski definition) is 3. The molecular formula is C18H19BrF5NO2S2. The van der Waals surface area contributed by atoms with Crippen molar-refractivity contribution in [1.29, 1.82) is 0 Å². The highest BCUT2D eigenvalue weighted by Crippen LogP contribution is 3.02. The van der Waals surface area contributed by atoms with E-state index in [9.17, 15) is 27.8 Å². The van der Waals surface area contributed by atoms with Crippen LogP contribution in [0.2, 0.25) is 0 Å². The monoisotopic (exact) mass is 519 g/mol. The molecule has 0 radical (unpaired) electrons. The smallest absolute Gasteiger partial charge is 0.310 e. The third kappa shape index (κ3) is 5.43. The number of sulfone groups is 1. The summed E-state index contributed by atoms with van der Waals surface area (Å²) in [6.07, 6.45) is 1.81. The van der Waals surface area contributed by atoms with Crippen molar-refractivity contribution in [2.75, 3.05) is 5.32 Å². The Balaban J connectivity index is 1.62. The maximum atomic E-state index is 12.8. The van der Waals surface area contributed by atoms with Crippen LogP contribution >= 0.6 is 26.2 Å². The highest BCUT2D eigenvalue weighted by Gasteiger charge is 2.65. The summed E-state index contributed by atoms with van der Waals surface area (Å²) in [5.74, 6) is 0. The molecule has 2 aromatic rings. The molecule has 1 aliphatic rings. The molecule has 0 heterocycles. The minimum absolute atomic E-state index is 0.141. The summed E-state index contributed by atoms with van der Waals surface area (Å²) < 4.78 is 90.1. The van der Waals surface area contributed by atoms with Crippen molar-refractivity contribution in [2.45, 2.75) is 46.8 Å². The maximum Gasteiger partial charge on any atom is 0.310 e. The topological polar surface area (TPSA) is 46.2 Å². The van der Waals surface area contributed by atoms with Gasteiger partial charge in [-0.3, -0.25) is 0 Å². The summed E-state index contributed by atoms with van der Waals surface area (Å²) in [6, 6.07) is 8.95. The number of nitrogens with one attached hydrogen (secondary N) is 1. The largest absolute Gasteiger partial charge is 0.382 e. The molecule has 3 nitrogen and oxygen atoms in total. The molecule has 1 aliphatic carbocycles. The van der Waals surface area contributed by atoms with Gasteiger partial charge < -0.3 is 5.32 Å². The van der Waals surface area contributed by atoms with Crippen LogP contribution in [-0.4, -0.2) is 19.7 Å². The Morgan fingerprint density at radius 1 is 0.828 bits per heavy atom. The van der Waals surface area contributed by atoms with E-state index in [1.807, 2.05) is 0 Å². The summed E-state index contributed by atoms with van der Waals surface area (Å²) in [5.41, 5.74) is 0.287. The van der Waals surface area contributed by atoms with Gasteiger partial charge in [-0.25, -0.2) is 8.42 Å². The zero-order valence-electron chi connectivity index (χ0n) is 15.0. The van der Waals surface area contributed by atoms with Gasteiger partial charge in [-0.05, 0) is 74.2 Å². The lowest BCUT2D eigenvalue weighted by Crippen LogP contribution is -2.32. The molecule has 2 aromatic carbocycles. The van der Waals surface area contributed by atoms with Crippen LogP contribution in [0.1, 0.15) is 25.7 Å². The van der Waals surface area contributed by atoms with E-state index in [1.54, 1.807) is 24.3 Å². The number of hydrogen-bond donors (Lipinski definition) is 1. The van der Waals surface area contributed by atoms with Gasteiger partial charge in [0, 0.05) is 16.2 Å². The summed E-state index contributed by atoms with van der Waals surface area (Å²) in [7, 11) is -13.1. The average Bonchev–Trinajstić information content (AvgIpc) is 2.61. The second-order valence-electron chi connectivity index (χ2n) is 7.11. The molecule has 29 heavy (non-hydrogen) atoms. The predicted molar refractivity (Wildman–Crippen MR) is 109 cm³/mol. The number of halogens is 6. The molecule has 0 saturated heterocycles. The molecule has 1 N–H and O–H groups in total. The van der Waals surface area contributed by atoms with Crippen LogP contribution in [0.4, 0.5) is 25.1 Å². The first-order valence-corrected chi connectivity index (χ1v) is 13.0. The zero-order chi connectivity index (χ0) is 21.6. The summed E-state index contributed by atoms with van der Waals surface area (Å²) >= 11 is 3.26. The lowest BCUT2D eigenvalue weighted by atomic mass is 9.95. The van der Waals surface area contributed by atoms with Gasteiger partial charge >= 0.3 is 10.2 Å². The Bertz CT molecular complexity index is 986. The highest BCUT2D eigenvalue weighted by molar-refractivity contribution is 9.10. The van der Waals surface area contributed by atoms with Gasteiger partial charge in [0.2, 0.25) is 0 Å². The number of anilines is 1. The third-order valence-electron chi connectivity index (χ3n) is 4.93. The van der Waals surface area contributed by atoms with E-state index in [0.29, 0.717) is 37.8 Å². The van der Waals surface area contributed by atoms with Crippen LogP contribution in [0.15, 0.2) is 62.8 Å². The maximum absolute atomic E-state index is 12.8. The molecule has 0 spiro atoms. The van der Waals surface area contributed by atoms with Crippen LogP contribution in [0.3, 0.4) is 0 Å². The molecule has 0 unspecified atom stereocenters. The van der Waals surface area contributed by atoms with E-state index >= 15 is 0 Å². The molecule has 1 fully saturated rings. The van der Waals surface area contributed by atoms with E-state index in [0.717, 1.165) is 16.6 Å². The van der Waals surface area contributed by atoms with Gasteiger partial charge in [0.25, 0.3) is 0 Å².